The van der Waals surface area contributed by atoms with Crippen LogP contribution < -0.4 is 0 Å². The number of carbonyl (C=O) groups is 1. The first-order chi connectivity index (χ1) is 7.90. The van der Waals surface area contributed by atoms with Gasteiger partial charge in [-0.3, -0.25) is 4.79 Å². The second kappa shape index (κ2) is 4.13. The van der Waals surface area contributed by atoms with E-state index in [0.29, 0.717) is 5.92 Å². The lowest BCUT2D eigenvalue weighted by molar-refractivity contribution is -0.138. The molecule has 0 heterocycles. The minimum atomic E-state index is -0.860. The Bertz CT molecular complexity index is 448. The van der Waals surface area contributed by atoms with Gasteiger partial charge in [0.25, 0.3) is 0 Å². The van der Waals surface area contributed by atoms with E-state index in [-0.39, 0.29) is 12.2 Å². The fourth-order valence-electron chi connectivity index (χ4n) is 2.15. The molecule has 0 radical (unpaired) electrons. The molecule has 0 saturated heterocycles. The summed E-state index contributed by atoms with van der Waals surface area (Å²) >= 11 is 0. The largest absolute Gasteiger partial charge is 0.481 e. The van der Waals surface area contributed by atoms with Crippen LogP contribution in [-0.2, 0) is 10.2 Å². The fourth-order valence-corrected chi connectivity index (χ4v) is 2.15. The van der Waals surface area contributed by atoms with Crippen molar-refractivity contribution in [1.29, 1.82) is 0 Å². The van der Waals surface area contributed by atoms with E-state index >= 15 is 0 Å². The molecule has 1 aliphatic rings. The van der Waals surface area contributed by atoms with Gasteiger partial charge in [0, 0.05) is 5.41 Å². The van der Waals surface area contributed by atoms with Gasteiger partial charge in [0.05, 0.1) is 6.42 Å². The van der Waals surface area contributed by atoms with Crippen LogP contribution in [0.5, 0.6) is 0 Å². The number of aliphatic carboxylic acids is 1. The lowest BCUT2D eigenvalue weighted by Crippen LogP contribution is -2.21. The molecule has 0 spiro atoms. The quantitative estimate of drug-likeness (QED) is 0.869. The maximum Gasteiger partial charge on any atom is 0.304 e. The Morgan fingerprint density at radius 2 is 2.12 bits per heavy atom. The molecule has 17 heavy (non-hydrogen) atoms. The second-order valence-electron chi connectivity index (χ2n) is 5.46. The summed E-state index contributed by atoms with van der Waals surface area (Å²) in [5, 5.41) is 8.84. The van der Waals surface area contributed by atoms with Gasteiger partial charge in [-0.25, -0.2) is 4.39 Å². The molecule has 3 heteroatoms. The average Bonchev–Trinajstić information content (AvgIpc) is 2.98. The van der Waals surface area contributed by atoms with Crippen molar-refractivity contribution in [3.05, 3.63) is 35.1 Å². The van der Waals surface area contributed by atoms with Crippen LogP contribution in [0.2, 0.25) is 0 Å². The average molecular weight is 236 g/mol. The Labute approximate surface area is 100 Å². The lowest BCUT2D eigenvalue weighted by atomic mass is 9.81. The summed E-state index contributed by atoms with van der Waals surface area (Å²) in [5.74, 6) is -0.670. The summed E-state index contributed by atoms with van der Waals surface area (Å²) in [6.07, 6.45) is 2.14. The highest BCUT2D eigenvalue weighted by molar-refractivity contribution is 5.68. The van der Waals surface area contributed by atoms with E-state index in [1.54, 1.807) is 0 Å². The van der Waals surface area contributed by atoms with Gasteiger partial charge in [0.15, 0.2) is 0 Å². The summed E-state index contributed by atoms with van der Waals surface area (Å²) in [6, 6.07) is 5.17. The summed E-state index contributed by atoms with van der Waals surface area (Å²) in [4.78, 5) is 10.8. The van der Waals surface area contributed by atoms with Gasteiger partial charge >= 0.3 is 5.97 Å². The van der Waals surface area contributed by atoms with Crippen LogP contribution in [-0.4, -0.2) is 11.1 Å². The predicted molar refractivity (Wildman–Crippen MR) is 63.7 cm³/mol. The number of hydrogen-bond acceptors (Lipinski definition) is 1. The lowest BCUT2D eigenvalue weighted by Gasteiger charge is -2.23. The fraction of sp³-hybridized carbons (Fsp3) is 0.500. The van der Waals surface area contributed by atoms with Crippen LogP contribution in [0.1, 0.15) is 50.2 Å². The summed E-state index contributed by atoms with van der Waals surface area (Å²) in [5.41, 5.74) is 0.996. The Hall–Kier alpha value is -1.38. The molecule has 0 unspecified atom stereocenters. The number of carboxylic acids is 1. The molecule has 0 aromatic heterocycles. The van der Waals surface area contributed by atoms with Crippen LogP contribution in [0, 0.1) is 5.82 Å². The Kier molecular flexibility index (Phi) is 2.94. The smallest absolute Gasteiger partial charge is 0.304 e. The van der Waals surface area contributed by atoms with E-state index < -0.39 is 11.4 Å². The summed E-state index contributed by atoms with van der Waals surface area (Å²) < 4.78 is 13.9. The molecule has 1 fully saturated rings. The maximum atomic E-state index is 13.9. The third-order valence-electron chi connectivity index (χ3n) is 3.39. The van der Waals surface area contributed by atoms with Crippen molar-refractivity contribution in [3.63, 3.8) is 0 Å². The van der Waals surface area contributed by atoms with Gasteiger partial charge in [0.1, 0.15) is 5.82 Å². The Balaban J connectivity index is 2.26. The number of benzene rings is 1. The number of carboxylic acid groups (broad SMARTS) is 1. The van der Waals surface area contributed by atoms with Crippen molar-refractivity contribution in [3.8, 4) is 0 Å². The normalized spacial score (nSPS) is 15.9. The van der Waals surface area contributed by atoms with Crippen LogP contribution in [0.4, 0.5) is 4.39 Å². The molecule has 1 N–H and O–H groups in total. The van der Waals surface area contributed by atoms with E-state index in [1.807, 2.05) is 26.0 Å². The molecule has 1 aromatic carbocycles. The Morgan fingerprint density at radius 1 is 1.47 bits per heavy atom. The van der Waals surface area contributed by atoms with Crippen molar-refractivity contribution < 1.29 is 14.3 Å². The molecule has 0 bridgehead atoms. The molecule has 1 aliphatic carbocycles. The highest BCUT2D eigenvalue weighted by atomic mass is 19.1. The highest BCUT2D eigenvalue weighted by Gasteiger charge is 2.29. The molecule has 0 amide bonds. The van der Waals surface area contributed by atoms with E-state index in [9.17, 15) is 9.18 Å². The van der Waals surface area contributed by atoms with Crippen molar-refractivity contribution in [2.24, 2.45) is 0 Å². The minimum absolute atomic E-state index is 0.00914. The van der Waals surface area contributed by atoms with Gasteiger partial charge < -0.3 is 5.11 Å². The molecule has 2 nitrogen and oxygen atoms in total. The standard InChI is InChI=1S/C14H17FO2/c1-14(2,8-13(16)17)10-5-6-11(9-3-4-9)12(15)7-10/h5-7,9H,3-4,8H2,1-2H3,(H,16,17). The number of halogens is 1. The van der Waals surface area contributed by atoms with E-state index in [0.717, 1.165) is 24.0 Å². The molecular weight excluding hydrogens is 219 g/mol. The van der Waals surface area contributed by atoms with Crippen molar-refractivity contribution in [1.82, 2.24) is 0 Å². The summed E-state index contributed by atoms with van der Waals surface area (Å²) in [6.45, 7) is 3.65. The first kappa shape index (κ1) is 12.1. The van der Waals surface area contributed by atoms with Crippen LogP contribution in [0.25, 0.3) is 0 Å². The monoisotopic (exact) mass is 236 g/mol. The van der Waals surface area contributed by atoms with Crippen LogP contribution in [0.3, 0.4) is 0 Å². The van der Waals surface area contributed by atoms with E-state index in [1.165, 1.54) is 6.07 Å². The molecule has 0 atom stereocenters. The SMILES string of the molecule is CC(C)(CC(=O)O)c1ccc(C2CC2)c(F)c1. The van der Waals surface area contributed by atoms with Crippen molar-refractivity contribution >= 4 is 5.97 Å². The van der Waals surface area contributed by atoms with E-state index in [4.69, 9.17) is 5.11 Å². The molecule has 2 rings (SSSR count). The van der Waals surface area contributed by atoms with Crippen molar-refractivity contribution in [2.75, 3.05) is 0 Å². The highest BCUT2D eigenvalue weighted by Crippen LogP contribution is 2.42. The number of hydrogen-bond donors (Lipinski definition) is 1. The topological polar surface area (TPSA) is 37.3 Å². The number of rotatable bonds is 4. The molecule has 92 valence electrons. The van der Waals surface area contributed by atoms with Gasteiger partial charge in [-0.05, 0) is 36.0 Å². The van der Waals surface area contributed by atoms with Crippen molar-refractivity contribution in [2.45, 2.75) is 44.4 Å². The zero-order chi connectivity index (χ0) is 12.6. The third-order valence-corrected chi connectivity index (χ3v) is 3.39. The third kappa shape index (κ3) is 2.65. The van der Waals surface area contributed by atoms with Gasteiger partial charge in [0.2, 0.25) is 0 Å². The molecule has 1 saturated carbocycles. The minimum Gasteiger partial charge on any atom is -0.481 e. The maximum absolute atomic E-state index is 13.9. The van der Waals surface area contributed by atoms with Crippen LogP contribution in [0.15, 0.2) is 18.2 Å². The van der Waals surface area contributed by atoms with E-state index in [2.05, 4.69) is 0 Å². The first-order valence-corrected chi connectivity index (χ1v) is 5.92. The zero-order valence-corrected chi connectivity index (χ0v) is 10.2. The second-order valence-corrected chi connectivity index (χ2v) is 5.46. The molecular formula is C14H17FO2. The summed E-state index contributed by atoms with van der Waals surface area (Å²) in [7, 11) is 0. The molecule has 1 aromatic rings. The van der Waals surface area contributed by atoms with Gasteiger partial charge in [-0.2, -0.15) is 0 Å². The molecule has 0 aliphatic heterocycles. The Morgan fingerprint density at radius 3 is 2.59 bits per heavy atom. The van der Waals surface area contributed by atoms with Gasteiger partial charge in [-0.15, -0.1) is 0 Å². The zero-order valence-electron chi connectivity index (χ0n) is 10.2. The van der Waals surface area contributed by atoms with Crippen LogP contribution >= 0.6 is 0 Å². The van der Waals surface area contributed by atoms with Gasteiger partial charge in [-0.1, -0.05) is 26.0 Å². The first-order valence-electron chi connectivity index (χ1n) is 5.92. The predicted octanol–water partition coefficient (Wildman–Crippen LogP) is 3.46.